The molecule has 0 saturated carbocycles. The third-order valence-electron chi connectivity index (χ3n) is 5.95. The van der Waals surface area contributed by atoms with E-state index < -0.39 is 17.6 Å². The predicted molar refractivity (Wildman–Crippen MR) is 135 cm³/mol. The number of methoxy groups -OCH3 is 2. The van der Waals surface area contributed by atoms with Crippen molar-refractivity contribution in [3.05, 3.63) is 70.6 Å². The Balaban J connectivity index is 1.69. The molecule has 11 heteroatoms. The van der Waals surface area contributed by atoms with Crippen LogP contribution in [0.2, 0.25) is 5.02 Å². The zero-order valence-electron chi connectivity index (χ0n) is 19.7. The van der Waals surface area contributed by atoms with Crippen molar-refractivity contribution < 1.29 is 27.8 Å². The fourth-order valence-electron chi connectivity index (χ4n) is 4.02. The molecule has 2 aromatic carbocycles. The van der Waals surface area contributed by atoms with E-state index in [-0.39, 0.29) is 40.5 Å². The summed E-state index contributed by atoms with van der Waals surface area (Å²) < 4.78 is 56.9. The number of pyridine rings is 1. The van der Waals surface area contributed by atoms with Gasteiger partial charge in [-0.15, -0.1) is 0 Å². The first-order chi connectivity index (χ1) is 17.3. The van der Waals surface area contributed by atoms with Crippen LogP contribution >= 0.6 is 23.5 Å². The Bertz CT molecular complexity index is 1240. The van der Waals surface area contributed by atoms with Gasteiger partial charge >= 0.3 is 0 Å². The van der Waals surface area contributed by atoms with Crippen LogP contribution in [0.1, 0.15) is 12.0 Å². The van der Waals surface area contributed by atoms with Gasteiger partial charge in [0.1, 0.15) is 33.1 Å². The highest BCUT2D eigenvalue weighted by molar-refractivity contribution is 8.00. The van der Waals surface area contributed by atoms with E-state index in [4.69, 9.17) is 21.1 Å². The number of nitrogens with zero attached hydrogens (tertiary/aromatic N) is 3. The quantitative estimate of drug-likeness (QED) is 0.212. The molecule has 1 saturated heterocycles. The standard InChI is InChI=1S/C25H25ClF3N3O3S/c1-34-17-7-6-16(20(10-17)35-2)13-32(22-5-3-4-21(28)30-22)36-25-18(27)11-19(23(26)24(25)29)31-9-8-15(12-31)14-33/h3-7,10-11,15,33H,8-9,12-14H2,1-2H3. The molecule has 1 atom stereocenters. The summed E-state index contributed by atoms with van der Waals surface area (Å²) in [5, 5.41) is 9.19. The normalized spacial score (nSPS) is 15.3. The van der Waals surface area contributed by atoms with Crippen molar-refractivity contribution >= 4 is 35.1 Å². The first-order valence-corrected chi connectivity index (χ1v) is 12.3. The van der Waals surface area contributed by atoms with Crippen LogP contribution in [0.25, 0.3) is 0 Å². The summed E-state index contributed by atoms with van der Waals surface area (Å²) in [5.41, 5.74) is 0.895. The molecule has 0 radical (unpaired) electrons. The number of ether oxygens (including phenoxy) is 2. The van der Waals surface area contributed by atoms with E-state index in [1.807, 2.05) is 0 Å². The molecule has 3 aromatic rings. The molecule has 1 unspecified atom stereocenters. The average molecular weight is 540 g/mol. The third-order valence-corrected chi connectivity index (χ3v) is 7.40. The van der Waals surface area contributed by atoms with Gasteiger partial charge in [0.05, 0.1) is 26.5 Å². The van der Waals surface area contributed by atoms with E-state index in [1.54, 1.807) is 23.1 Å². The second kappa shape index (κ2) is 11.5. The number of benzene rings is 2. The van der Waals surface area contributed by atoms with E-state index >= 15 is 8.78 Å². The van der Waals surface area contributed by atoms with E-state index in [2.05, 4.69) is 4.98 Å². The molecule has 6 nitrogen and oxygen atoms in total. The van der Waals surface area contributed by atoms with Crippen LogP contribution in [0, 0.1) is 23.5 Å². The van der Waals surface area contributed by atoms with Crippen LogP contribution in [0.5, 0.6) is 11.5 Å². The number of rotatable bonds is 9. The first-order valence-electron chi connectivity index (χ1n) is 11.2. The van der Waals surface area contributed by atoms with Gasteiger partial charge in [-0.2, -0.15) is 4.39 Å². The van der Waals surface area contributed by atoms with Crippen LogP contribution in [0.3, 0.4) is 0 Å². The van der Waals surface area contributed by atoms with Crippen molar-refractivity contribution in [2.75, 3.05) is 43.1 Å². The minimum atomic E-state index is -0.924. The molecule has 0 aliphatic carbocycles. The van der Waals surface area contributed by atoms with Crippen molar-refractivity contribution in [2.45, 2.75) is 17.9 Å². The number of halogens is 4. The molecule has 1 aliphatic heterocycles. The van der Waals surface area contributed by atoms with Gasteiger partial charge in [-0.1, -0.05) is 17.7 Å². The highest BCUT2D eigenvalue weighted by Crippen LogP contribution is 2.41. The lowest BCUT2D eigenvalue weighted by Gasteiger charge is -2.25. The molecule has 0 spiro atoms. The van der Waals surface area contributed by atoms with E-state index in [0.717, 1.165) is 11.9 Å². The largest absolute Gasteiger partial charge is 0.497 e. The molecular weight excluding hydrogens is 515 g/mol. The number of aliphatic hydroxyl groups excluding tert-OH is 1. The summed E-state index contributed by atoms with van der Waals surface area (Å²) in [5.74, 6) is -1.24. The Labute approximate surface area is 216 Å². The highest BCUT2D eigenvalue weighted by atomic mass is 35.5. The maximum Gasteiger partial charge on any atom is 0.214 e. The minimum absolute atomic E-state index is 0.00254. The summed E-state index contributed by atoms with van der Waals surface area (Å²) in [6.45, 7) is 1.07. The summed E-state index contributed by atoms with van der Waals surface area (Å²) in [4.78, 5) is 5.31. The van der Waals surface area contributed by atoms with E-state index in [0.29, 0.717) is 36.6 Å². The summed E-state index contributed by atoms with van der Waals surface area (Å²) in [6.07, 6.45) is 0.704. The van der Waals surface area contributed by atoms with Gasteiger partial charge in [0, 0.05) is 43.3 Å². The van der Waals surface area contributed by atoms with Crippen molar-refractivity contribution in [3.8, 4) is 11.5 Å². The third kappa shape index (κ3) is 5.61. The summed E-state index contributed by atoms with van der Waals surface area (Å²) >= 11 is 7.07. The molecule has 1 fully saturated rings. The number of hydrogen-bond donors (Lipinski definition) is 1. The maximum atomic E-state index is 15.5. The van der Waals surface area contributed by atoms with Crippen molar-refractivity contribution in [3.63, 3.8) is 0 Å². The Morgan fingerprint density at radius 1 is 1.17 bits per heavy atom. The van der Waals surface area contributed by atoms with E-state index in [9.17, 15) is 9.50 Å². The Hall–Kier alpha value is -2.82. The fourth-order valence-corrected chi connectivity index (χ4v) is 5.30. The molecule has 192 valence electrons. The molecule has 4 rings (SSSR count). The molecular formula is C25H25ClF3N3O3S. The average Bonchev–Trinajstić information content (AvgIpc) is 3.37. The predicted octanol–water partition coefficient (Wildman–Crippen LogP) is 5.70. The monoisotopic (exact) mass is 539 g/mol. The molecule has 1 aliphatic rings. The highest BCUT2D eigenvalue weighted by Gasteiger charge is 2.28. The van der Waals surface area contributed by atoms with Gasteiger partial charge in [-0.3, -0.25) is 4.31 Å². The second-order valence-corrected chi connectivity index (χ2v) is 9.65. The number of anilines is 2. The smallest absolute Gasteiger partial charge is 0.214 e. The van der Waals surface area contributed by atoms with Crippen LogP contribution in [-0.4, -0.2) is 44.0 Å². The second-order valence-electron chi connectivity index (χ2n) is 8.24. The van der Waals surface area contributed by atoms with Crippen LogP contribution < -0.4 is 18.7 Å². The maximum absolute atomic E-state index is 15.5. The minimum Gasteiger partial charge on any atom is -0.497 e. The zero-order chi connectivity index (χ0) is 25.8. The van der Waals surface area contributed by atoms with Crippen LogP contribution in [0.15, 0.2) is 47.4 Å². The summed E-state index contributed by atoms with van der Waals surface area (Å²) in [7, 11) is 3.02. The molecule has 36 heavy (non-hydrogen) atoms. The fraction of sp³-hybridized carbons (Fsp3) is 0.320. The Morgan fingerprint density at radius 2 is 1.97 bits per heavy atom. The molecule has 1 aromatic heterocycles. The molecule has 1 N–H and O–H groups in total. The van der Waals surface area contributed by atoms with Gasteiger partial charge in [0.25, 0.3) is 0 Å². The SMILES string of the molecule is COc1ccc(CN(Sc2c(F)cc(N3CCC(CO)C3)c(Cl)c2F)c2cccc(F)n2)c(OC)c1. The van der Waals surface area contributed by atoms with Crippen LogP contribution in [-0.2, 0) is 6.54 Å². The topological polar surface area (TPSA) is 58.1 Å². The lowest BCUT2D eigenvalue weighted by molar-refractivity contribution is 0.238. The van der Waals surface area contributed by atoms with Gasteiger partial charge in [0.15, 0.2) is 5.82 Å². The number of hydrogen-bond acceptors (Lipinski definition) is 7. The molecule has 0 bridgehead atoms. The molecule has 0 amide bonds. The number of aliphatic hydroxyl groups is 1. The van der Waals surface area contributed by atoms with Crippen molar-refractivity contribution in [2.24, 2.45) is 5.92 Å². The van der Waals surface area contributed by atoms with E-state index in [1.165, 1.54) is 42.8 Å². The van der Waals surface area contributed by atoms with Gasteiger partial charge < -0.3 is 19.5 Å². The van der Waals surface area contributed by atoms with Crippen molar-refractivity contribution in [1.29, 1.82) is 0 Å². The lowest BCUT2D eigenvalue weighted by atomic mass is 10.1. The van der Waals surface area contributed by atoms with Gasteiger partial charge in [-0.05, 0) is 42.6 Å². The Kier molecular flexibility index (Phi) is 8.38. The lowest BCUT2D eigenvalue weighted by Crippen LogP contribution is -2.22. The van der Waals surface area contributed by atoms with Crippen molar-refractivity contribution in [1.82, 2.24) is 4.98 Å². The first kappa shape index (κ1) is 26.2. The molecule has 2 heterocycles. The summed E-state index contributed by atoms with van der Waals surface area (Å²) in [6, 6.07) is 10.5. The van der Waals surface area contributed by atoms with Crippen LogP contribution in [0.4, 0.5) is 24.7 Å². The number of aromatic nitrogens is 1. The van der Waals surface area contributed by atoms with Gasteiger partial charge in [-0.25, -0.2) is 13.8 Å². The zero-order valence-corrected chi connectivity index (χ0v) is 21.3. The Morgan fingerprint density at radius 3 is 2.64 bits per heavy atom. The van der Waals surface area contributed by atoms with Gasteiger partial charge in [0.2, 0.25) is 5.95 Å².